The number of H-pyrrole nitrogens is 1. The predicted octanol–water partition coefficient (Wildman–Crippen LogP) is 1.12. The number of fused-ring (bicyclic) bond motifs is 1. The first-order valence-corrected chi connectivity index (χ1v) is 9.03. The Balaban J connectivity index is 1.86. The molecule has 28 heavy (non-hydrogen) atoms. The predicted molar refractivity (Wildman–Crippen MR) is 104 cm³/mol. The fraction of sp³-hybridized carbons (Fsp3) is 0.368. The Bertz CT molecular complexity index is 1080. The second kappa shape index (κ2) is 8.22. The SMILES string of the molecule is CCCn1c(=O)[nH]c(=O)c2cc(C(=O)NCC(c3ccco3)N(C)C)cnc21. The lowest BCUT2D eigenvalue weighted by Gasteiger charge is -2.22. The van der Waals surface area contributed by atoms with Crippen molar-refractivity contribution in [3.63, 3.8) is 0 Å². The van der Waals surface area contributed by atoms with Gasteiger partial charge in [0.2, 0.25) is 0 Å². The molecule has 1 unspecified atom stereocenters. The van der Waals surface area contributed by atoms with Crippen LogP contribution in [0.1, 0.15) is 35.5 Å². The van der Waals surface area contributed by atoms with Gasteiger partial charge in [-0.1, -0.05) is 6.92 Å². The zero-order valence-electron chi connectivity index (χ0n) is 16.1. The molecule has 0 radical (unpaired) electrons. The second-order valence-corrected chi connectivity index (χ2v) is 6.71. The molecular weight excluding hydrogens is 362 g/mol. The second-order valence-electron chi connectivity index (χ2n) is 6.71. The molecule has 9 nitrogen and oxygen atoms in total. The van der Waals surface area contributed by atoms with Crippen LogP contribution in [-0.4, -0.2) is 46.0 Å². The summed E-state index contributed by atoms with van der Waals surface area (Å²) in [7, 11) is 3.78. The fourth-order valence-electron chi connectivity index (χ4n) is 3.03. The highest BCUT2D eigenvalue weighted by molar-refractivity contribution is 5.96. The quantitative estimate of drug-likeness (QED) is 0.630. The van der Waals surface area contributed by atoms with E-state index >= 15 is 0 Å². The van der Waals surface area contributed by atoms with Gasteiger partial charge in [-0.05, 0) is 38.7 Å². The van der Waals surface area contributed by atoms with Crippen LogP contribution in [0, 0.1) is 0 Å². The molecule has 0 aromatic carbocycles. The number of likely N-dealkylation sites (N-methyl/N-ethyl adjacent to an activating group) is 1. The van der Waals surface area contributed by atoms with E-state index in [-0.39, 0.29) is 28.5 Å². The summed E-state index contributed by atoms with van der Waals surface area (Å²) >= 11 is 0. The Morgan fingerprint density at radius 2 is 2.18 bits per heavy atom. The number of rotatable bonds is 7. The first-order chi connectivity index (χ1) is 13.4. The molecule has 0 aliphatic rings. The van der Waals surface area contributed by atoms with Crippen LogP contribution in [0.25, 0.3) is 11.0 Å². The highest BCUT2D eigenvalue weighted by atomic mass is 16.3. The number of nitrogens with zero attached hydrogens (tertiary/aromatic N) is 3. The van der Waals surface area contributed by atoms with E-state index < -0.39 is 11.2 Å². The number of aromatic nitrogens is 3. The number of furan rings is 1. The summed E-state index contributed by atoms with van der Waals surface area (Å²) in [5.41, 5.74) is -0.543. The fourth-order valence-corrected chi connectivity index (χ4v) is 3.03. The van der Waals surface area contributed by atoms with E-state index in [0.29, 0.717) is 19.5 Å². The van der Waals surface area contributed by atoms with Crippen LogP contribution in [0.3, 0.4) is 0 Å². The van der Waals surface area contributed by atoms with Crippen LogP contribution < -0.4 is 16.6 Å². The van der Waals surface area contributed by atoms with Crippen molar-refractivity contribution in [1.29, 1.82) is 0 Å². The number of hydrogen-bond donors (Lipinski definition) is 2. The summed E-state index contributed by atoms with van der Waals surface area (Å²) < 4.78 is 6.83. The number of aryl methyl sites for hydroxylation is 1. The Morgan fingerprint density at radius 1 is 1.39 bits per heavy atom. The number of pyridine rings is 1. The molecule has 0 bridgehead atoms. The van der Waals surface area contributed by atoms with Gasteiger partial charge >= 0.3 is 5.69 Å². The van der Waals surface area contributed by atoms with Crippen LogP contribution >= 0.6 is 0 Å². The molecule has 0 saturated carbocycles. The molecule has 1 amide bonds. The van der Waals surface area contributed by atoms with Gasteiger partial charge in [0.05, 0.1) is 23.3 Å². The average molecular weight is 385 g/mol. The minimum absolute atomic E-state index is 0.134. The van der Waals surface area contributed by atoms with Gasteiger partial charge in [-0.2, -0.15) is 0 Å². The van der Waals surface area contributed by atoms with E-state index in [2.05, 4.69) is 15.3 Å². The first kappa shape index (κ1) is 19.6. The van der Waals surface area contributed by atoms with Crippen LogP contribution in [0.2, 0.25) is 0 Å². The van der Waals surface area contributed by atoms with Gasteiger partial charge in [-0.25, -0.2) is 9.78 Å². The van der Waals surface area contributed by atoms with E-state index in [1.54, 1.807) is 12.3 Å². The molecule has 0 aliphatic carbocycles. The Kier molecular flexibility index (Phi) is 5.74. The Morgan fingerprint density at radius 3 is 2.82 bits per heavy atom. The van der Waals surface area contributed by atoms with Crippen molar-refractivity contribution in [2.45, 2.75) is 25.9 Å². The van der Waals surface area contributed by atoms with Gasteiger partial charge in [0.25, 0.3) is 11.5 Å². The van der Waals surface area contributed by atoms with Crippen molar-refractivity contribution in [1.82, 2.24) is 24.8 Å². The maximum absolute atomic E-state index is 12.6. The zero-order valence-corrected chi connectivity index (χ0v) is 16.1. The molecule has 3 aromatic rings. The summed E-state index contributed by atoms with van der Waals surface area (Å²) in [5.74, 6) is 0.377. The first-order valence-electron chi connectivity index (χ1n) is 9.03. The lowest BCUT2D eigenvalue weighted by Crippen LogP contribution is -2.35. The van der Waals surface area contributed by atoms with Crippen LogP contribution in [0.15, 0.2) is 44.7 Å². The van der Waals surface area contributed by atoms with Crippen LogP contribution in [0.5, 0.6) is 0 Å². The third-order valence-electron chi connectivity index (χ3n) is 4.49. The van der Waals surface area contributed by atoms with E-state index in [9.17, 15) is 14.4 Å². The Labute approximate surface area is 161 Å². The van der Waals surface area contributed by atoms with Crippen molar-refractivity contribution >= 4 is 16.9 Å². The molecule has 0 spiro atoms. The highest BCUT2D eigenvalue weighted by Crippen LogP contribution is 2.18. The van der Waals surface area contributed by atoms with Crippen molar-refractivity contribution in [2.75, 3.05) is 20.6 Å². The lowest BCUT2D eigenvalue weighted by molar-refractivity contribution is 0.0939. The lowest BCUT2D eigenvalue weighted by atomic mass is 10.2. The topological polar surface area (TPSA) is 113 Å². The molecule has 3 heterocycles. The molecule has 3 aromatic heterocycles. The van der Waals surface area contributed by atoms with Gasteiger partial charge < -0.3 is 9.73 Å². The molecule has 0 saturated heterocycles. The number of carbonyl (C=O) groups excluding carboxylic acids is 1. The van der Waals surface area contributed by atoms with E-state index in [0.717, 1.165) is 5.76 Å². The Hall–Kier alpha value is -3.20. The molecule has 0 fully saturated rings. The van der Waals surface area contributed by atoms with Crippen molar-refractivity contribution < 1.29 is 9.21 Å². The third kappa shape index (κ3) is 3.89. The summed E-state index contributed by atoms with van der Waals surface area (Å²) in [5, 5.41) is 3.05. The normalized spacial score (nSPS) is 12.4. The summed E-state index contributed by atoms with van der Waals surface area (Å²) in [6.45, 7) is 2.67. The third-order valence-corrected chi connectivity index (χ3v) is 4.49. The average Bonchev–Trinajstić information content (AvgIpc) is 3.19. The van der Waals surface area contributed by atoms with Crippen molar-refractivity contribution in [3.05, 3.63) is 62.8 Å². The number of hydrogen-bond acceptors (Lipinski definition) is 6. The standard InChI is InChI=1S/C19H23N5O4/c1-4-7-24-16-13(18(26)22-19(24)27)9-12(10-20-16)17(25)21-11-14(23(2)3)15-6-5-8-28-15/h5-6,8-10,14H,4,7,11H2,1-3H3,(H,21,25)(H,22,26,27). The number of amides is 1. The van der Waals surface area contributed by atoms with Gasteiger partial charge in [0.15, 0.2) is 0 Å². The van der Waals surface area contributed by atoms with Gasteiger partial charge in [-0.3, -0.25) is 24.0 Å². The van der Waals surface area contributed by atoms with E-state index in [1.807, 2.05) is 32.0 Å². The van der Waals surface area contributed by atoms with Crippen molar-refractivity contribution in [3.8, 4) is 0 Å². The summed E-state index contributed by atoms with van der Waals surface area (Å²) in [4.78, 5) is 45.2. The zero-order chi connectivity index (χ0) is 20.3. The van der Waals surface area contributed by atoms with Crippen LogP contribution in [-0.2, 0) is 6.54 Å². The minimum Gasteiger partial charge on any atom is -0.468 e. The maximum Gasteiger partial charge on any atom is 0.329 e. The molecular formula is C19H23N5O4. The van der Waals surface area contributed by atoms with Gasteiger partial charge in [-0.15, -0.1) is 0 Å². The van der Waals surface area contributed by atoms with E-state index in [1.165, 1.54) is 16.8 Å². The van der Waals surface area contributed by atoms with Gasteiger partial charge in [0, 0.05) is 19.3 Å². The molecule has 9 heteroatoms. The maximum atomic E-state index is 12.6. The molecule has 2 N–H and O–H groups in total. The van der Waals surface area contributed by atoms with Gasteiger partial charge in [0.1, 0.15) is 11.4 Å². The summed E-state index contributed by atoms with van der Waals surface area (Å²) in [6, 6.07) is 4.97. The monoisotopic (exact) mass is 385 g/mol. The smallest absolute Gasteiger partial charge is 0.329 e. The number of carbonyl (C=O) groups is 1. The summed E-state index contributed by atoms with van der Waals surface area (Å²) in [6.07, 6.45) is 3.67. The molecule has 1 atom stereocenters. The largest absolute Gasteiger partial charge is 0.468 e. The minimum atomic E-state index is -0.559. The molecule has 3 rings (SSSR count). The van der Waals surface area contributed by atoms with Crippen molar-refractivity contribution in [2.24, 2.45) is 0 Å². The number of aromatic amines is 1. The molecule has 148 valence electrons. The number of nitrogens with one attached hydrogen (secondary N) is 2. The highest BCUT2D eigenvalue weighted by Gasteiger charge is 2.19. The van der Waals surface area contributed by atoms with E-state index in [4.69, 9.17) is 4.42 Å². The molecule has 0 aliphatic heterocycles. The van der Waals surface area contributed by atoms with Crippen LogP contribution in [0.4, 0.5) is 0 Å².